The Morgan fingerprint density at radius 2 is 1.86 bits per heavy atom. The third-order valence-electron chi connectivity index (χ3n) is 3.48. The summed E-state index contributed by atoms with van der Waals surface area (Å²) in [6, 6.07) is 7.33. The van der Waals surface area contributed by atoms with Crippen molar-refractivity contribution in [1.29, 1.82) is 0 Å². The van der Waals surface area contributed by atoms with Crippen molar-refractivity contribution in [3.8, 4) is 16.6 Å². The molecule has 0 radical (unpaired) electrons. The molecule has 1 amide bonds. The zero-order chi connectivity index (χ0) is 20.8. The first kappa shape index (κ1) is 20.3. The van der Waals surface area contributed by atoms with Gasteiger partial charge in [0, 0.05) is 17.8 Å². The van der Waals surface area contributed by atoms with Gasteiger partial charge in [-0.15, -0.1) is 11.3 Å². The molecule has 3 rings (SSSR count). The van der Waals surface area contributed by atoms with Crippen molar-refractivity contribution >= 4 is 28.9 Å². The second-order valence-electron chi connectivity index (χ2n) is 5.52. The Bertz CT molecular complexity index is 1000. The van der Waals surface area contributed by atoms with E-state index >= 15 is 0 Å². The number of esters is 1. The fourth-order valence-electron chi connectivity index (χ4n) is 2.16. The van der Waals surface area contributed by atoms with Crippen LogP contribution in [-0.4, -0.2) is 39.5 Å². The minimum Gasteiger partial charge on any atom is -0.448 e. The first-order valence-electron chi connectivity index (χ1n) is 8.22. The van der Waals surface area contributed by atoms with E-state index in [2.05, 4.69) is 25.0 Å². The summed E-state index contributed by atoms with van der Waals surface area (Å²) in [4.78, 5) is 36.7. The highest BCUT2D eigenvalue weighted by Crippen LogP contribution is 2.26. The Balaban J connectivity index is 1.63. The van der Waals surface area contributed by atoms with Gasteiger partial charge in [-0.1, -0.05) is 12.1 Å². The molecule has 0 aliphatic rings. The molecular weight excluding hydrogens is 406 g/mol. The SMILES string of the molecule is CC(OC(=O)c1csc(-c2ncccn2)n1)C(=O)Nc1ccccc1OC(F)F. The van der Waals surface area contributed by atoms with Gasteiger partial charge in [-0.25, -0.2) is 19.7 Å². The number of aromatic nitrogens is 3. The average molecular weight is 420 g/mol. The zero-order valence-electron chi connectivity index (χ0n) is 14.9. The maximum Gasteiger partial charge on any atom is 0.387 e. The molecular formula is C18H14F2N4O4S. The summed E-state index contributed by atoms with van der Waals surface area (Å²) in [6.07, 6.45) is 1.88. The van der Waals surface area contributed by atoms with Crippen molar-refractivity contribution < 1.29 is 27.8 Å². The number of rotatable bonds is 7. The number of nitrogens with zero attached hydrogens (tertiary/aromatic N) is 3. The number of amides is 1. The Morgan fingerprint density at radius 3 is 2.59 bits per heavy atom. The first-order chi connectivity index (χ1) is 13.9. The van der Waals surface area contributed by atoms with Gasteiger partial charge < -0.3 is 14.8 Å². The lowest BCUT2D eigenvalue weighted by Crippen LogP contribution is -2.30. The number of thiazole rings is 1. The highest BCUT2D eigenvalue weighted by Gasteiger charge is 2.22. The van der Waals surface area contributed by atoms with E-state index < -0.39 is 24.6 Å². The van der Waals surface area contributed by atoms with E-state index in [0.29, 0.717) is 10.8 Å². The Hall–Kier alpha value is -3.47. The molecule has 150 valence electrons. The van der Waals surface area contributed by atoms with Crippen molar-refractivity contribution in [2.45, 2.75) is 19.6 Å². The van der Waals surface area contributed by atoms with Gasteiger partial charge in [0.2, 0.25) is 0 Å². The molecule has 0 saturated heterocycles. The lowest BCUT2D eigenvalue weighted by molar-refractivity contribution is -0.123. The van der Waals surface area contributed by atoms with Gasteiger partial charge in [0.15, 0.2) is 22.6 Å². The number of carbonyl (C=O) groups excluding carboxylic acids is 2. The van der Waals surface area contributed by atoms with Crippen LogP contribution in [0.25, 0.3) is 10.8 Å². The van der Waals surface area contributed by atoms with Gasteiger partial charge in [-0.3, -0.25) is 4.79 Å². The topological polar surface area (TPSA) is 103 Å². The van der Waals surface area contributed by atoms with Crippen LogP contribution in [0.15, 0.2) is 48.1 Å². The van der Waals surface area contributed by atoms with Gasteiger partial charge >= 0.3 is 12.6 Å². The predicted molar refractivity (Wildman–Crippen MR) is 99.7 cm³/mol. The number of para-hydroxylation sites is 2. The Morgan fingerprint density at radius 1 is 1.14 bits per heavy atom. The molecule has 11 heteroatoms. The molecule has 0 fully saturated rings. The lowest BCUT2D eigenvalue weighted by atomic mass is 10.2. The van der Waals surface area contributed by atoms with Crippen LogP contribution < -0.4 is 10.1 Å². The van der Waals surface area contributed by atoms with E-state index in [0.717, 1.165) is 11.3 Å². The van der Waals surface area contributed by atoms with E-state index in [1.54, 1.807) is 18.5 Å². The van der Waals surface area contributed by atoms with Crippen molar-refractivity contribution in [2.75, 3.05) is 5.32 Å². The predicted octanol–water partition coefficient (Wildman–Crippen LogP) is 3.39. The van der Waals surface area contributed by atoms with E-state index in [1.807, 2.05) is 0 Å². The molecule has 0 aliphatic heterocycles. The molecule has 1 N–H and O–H groups in total. The largest absolute Gasteiger partial charge is 0.448 e. The monoisotopic (exact) mass is 420 g/mol. The molecule has 0 saturated carbocycles. The fraction of sp³-hybridized carbons (Fsp3) is 0.167. The van der Waals surface area contributed by atoms with Crippen LogP contribution in [0, 0.1) is 0 Å². The number of nitrogens with one attached hydrogen (secondary N) is 1. The molecule has 2 heterocycles. The quantitative estimate of drug-likeness (QED) is 0.585. The van der Waals surface area contributed by atoms with Crippen molar-refractivity contribution in [2.24, 2.45) is 0 Å². The van der Waals surface area contributed by atoms with E-state index in [1.165, 1.54) is 36.6 Å². The third kappa shape index (κ3) is 5.29. The second kappa shape index (κ2) is 9.15. The van der Waals surface area contributed by atoms with Crippen molar-refractivity contribution in [3.05, 3.63) is 53.8 Å². The van der Waals surface area contributed by atoms with Crippen LogP contribution in [-0.2, 0) is 9.53 Å². The summed E-state index contributed by atoms with van der Waals surface area (Å²) < 4.78 is 34.4. The molecule has 1 unspecified atom stereocenters. The number of hydrogen-bond donors (Lipinski definition) is 1. The molecule has 8 nitrogen and oxygen atoms in total. The summed E-state index contributed by atoms with van der Waals surface area (Å²) in [7, 11) is 0. The highest BCUT2D eigenvalue weighted by molar-refractivity contribution is 7.13. The van der Waals surface area contributed by atoms with Crippen molar-refractivity contribution in [1.82, 2.24) is 15.0 Å². The summed E-state index contributed by atoms with van der Waals surface area (Å²) in [5.74, 6) is -1.38. The number of halogens is 2. The summed E-state index contributed by atoms with van der Waals surface area (Å²) >= 11 is 1.15. The van der Waals surface area contributed by atoms with E-state index in [-0.39, 0.29) is 17.1 Å². The highest BCUT2D eigenvalue weighted by atomic mass is 32.1. The Labute approximate surface area is 167 Å². The molecule has 2 aromatic heterocycles. The molecule has 1 aromatic carbocycles. The van der Waals surface area contributed by atoms with Crippen LogP contribution >= 0.6 is 11.3 Å². The fourth-order valence-corrected chi connectivity index (χ4v) is 2.89. The minimum absolute atomic E-state index is 0.00135. The van der Waals surface area contributed by atoms with Crippen LogP contribution in [0.3, 0.4) is 0 Å². The van der Waals surface area contributed by atoms with Crippen LogP contribution in [0.4, 0.5) is 14.5 Å². The summed E-state index contributed by atoms with van der Waals surface area (Å²) in [5.41, 5.74) is 0.0245. The van der Waals surface area contributed by atoms with Gasteiger partial charge in [-0.2, -0.15) is 8.78 Å². The number of benzene rings is 1. The number of hydrogen-bond acceptors (Lipinski definition) is 8. The molecule has 0 spiro atoms. The van der Waals surface area contributed by atoms with E-state index in [4.69, 9.17) is 4.74 Å². The molecule has 0 aliphatic carbocycles. The standard InChI is InChI=1S/C18H14F2N4O4S/c1-10(15(25)23-11-5-2-3-6-13(11)28-18(19)20)27-17(26)12-9-29-16(24-12)14-21-7-4-8-22-14/h2-10,18H,1H3,(H,23,25). The number of carbonyl (C=O) groups is 2. The third-order valence-corrected chi connectivity index (χ3v) is 4.32. The molecule has 1 atom stereocenters. The van der Waals surface area contributed by atoms with Gasteiger partial charge in [0.25, 0.3) is 5.91 Å². The second-order valence-corrected chi connectivity index (χ2v) is 6.38. The maximum absolute atomic E-state index is 12.5. The lowest BCUT2D eigenvalue weighted by Gasteiger charge is -2.15. The number of alkyl halides is 2. The Kier molecular flexibility index (Phi) is 6.39. The first-order valence-corrected chi connectivity index (χ1v) is 9.10. The van der Waals surface area contributed by atoms with E-state index in [9.17, 15) is 18.4 Å². The number of anilines is 1. The summed E-state index contributed by atoms with van der Waals surface area (Å²) in [5, 5.41) is 4.28. The number of ether oxygens (including phenoxy) is 2. The van der Waals surface area contributed by atoms with Gasteiger partial charge in [0.05, 0.1) is 5.69 Å². The van der Waals surface area contributed by atoms with Gasteiger partial charge in [-0.05, 0) is 25.1 Å². The zero-order valence-corrected chi connectivity index (χ0v) is 15.7. The van der Waals surface area contributed by atoms with Crippen LogP contribution in [0.1, 0.15) is 17.4 Å². The molecule has 3 aromatic rings. The molecule has 29 heavy (non-hydrogen) atoms. The average Bonchev–Trinajstić information content (AvgIpc) is 3.20. The smallest absolute Gasteiger partial charge is 0.387 e. The van der Waals surface area contributed by atoms with Crippen LogP contribution in [0.2, 0.25) is 0 Å². The minimum atomic E-state index is -3.05. The van der Waals surface area contributed by atoms with Gasteiger partial charge in [0.1, 0.15) is 5.75 Å². The van der Waals surface area contributed by atoms with Crippen molar-refractivity contribution in [3.63, 3.8) is 0 Å². The van der Waals surface area contributed by atoms with Crippen LogP contribution in [0.5, 0.6) is 5.75 Å². The normalized spacial score (nSPS) is 11.7. The summed E-state index contributed by atoms with van der Waals surface area (Å²) in [6.45, 7) is -1.70. The molecule has 0 bridgehead atoms. The maximum atomic E-state index is 12.5.